The van der Waals surface area contributed by atoms with E-state index >= 15 is 0 Å². The fraction of sp³-hybridized carbons (Fsp3) is 0.214. The Morgan fingerprint density at radius 2 is 1.89 bits per heavy atom. The molecule has 1 spiro atoms. The minimum absolute atomic E-state index is 0.0863. The van der Waals surface area contributed by atoms with E-state index < -0.39 is 0 Å². The second-order valence-corrected chi connectivity index (χ2v) is 4.99. The summed E-state index contributed by atoms with van der Waals surface area (Å²) in [7, 11) is 0. The fourth-order valence-electron chi connectivity index (χ4n) is 2.90. The first-order chi connectivity index (χ1) is 9.24. The van der Waals surface area contributed by atoms with Crippen LogP contribution in [-0.4, -0.2) is 15.9 Å². The molecule has 1 aliphatic carbocycles. The molecule has 1 fully saturated rings. The number of nitrogen functional groups attached to an aromatic ring is 1. The molecule has 0 radical (unpaired) electrons. The Hall–Kier alpha value is -2.43. The SMILES string of the molecule is Nc1ncnc2c1C(=O)N(c1ccccc1)C21CC1. The lowest BCUT2D eigenvalue weighted by Gasteiger charge is -2.24. The number of hydrogen-bond acceptors (Lipinski definition) is 4. The second-order valence-electron chi connectivity index (χ2n) is 4.99. The number of rotatable bonds is 1. The third-order valence-electron chi connectivity index (χ3n) is 3.90. The van der Waals surface area contributed by atoms with E-state index in [2.05, 4.69) is 9.97 Å². The van der Waals surface area contributed by atoms with E-state index in [0.717, 1.165) is 24.2 Å². The maximum Gasteiger partial charge on any atom is 0.264 e. The zero-order valence-electron chi connectivity index (χ0n) is 10.2. The molecule has 1 aromatic heterocycles. The van der Waals surface area contributed by atoms with Crippen molar-refractivity contribution in [2.24, 2.45) is 0 Å². The summed E-state index contributed by atoms with van der Waals surface area (Å²) < 4.78 is 0. The lowest BCUT2D eigenvalue weighted by atomic mass is 10.1. The molecule has 2 N–H and O–H groups in total. The molecule has 19 heavy (non-hydrogen) atoms. The predicted octanol–water partition coefficient (Wildman–Crippen LogP) is 1.71. The minimum atomic E-state index is -0.287. The van der Waals surface area contributed by atoms with Gasteiger partial charge in [0.05, 0.1) is 11.2 Å². The van der Waals surface area contributed by atoms with Crippen LogP contribution in [0.5, 0.6) is 0 Å². The van der Waals surface area contributed by atoms with Crippen molar-refractivity contribution in [1.29, 1.82) is 0 Å². The molecule has 2 aliphatic rings. The maximum atomic E-state index is 12.6. The Bertz CT molecular complexity index is 679. The van der Waals surface area contributed by atoms with Crippen molar-refractivity contribution in [2.75, 3.05) is 10.6 Å². The van der Waals surface area contributed by atoms with Crippen LogP contribution in [0.4, 0.5) is 11.5 Å². The predicted molar refractivity (Wildman–Crippen MR) is 70.6 cm³/mol. The van der Waals surface area contributed by atoms with Gasteiger partial charge in [0, 0.05) is 5.69 Å². The largest absolute Gasteiger partial charge is 0.383 e. The summed E-state index contributed by atoms with van der Waals surface area (Å²) in [6.45, 7) is 0. The van der Waals surface area contributed by atoms with Crippen LogP contribution in [0.1, 0.15) is 28.9 Å². The Balaban J connectivity index is 1.94. The number of carbonyl (C=O) groups excluding carboxylic acids is 1. The first-order valence-electron chi connectivity index (χ1n) is 6.25. The molecule has 0 saturated heterocycles. The highest BCUT2D eigenvalue weighted by Gasteiger charge is 2.60. The highest BCUT2D eigenvalue weighted by atomic mass is 16.2. The molecule has 4 rings (SSSR count). The summed E-state index contributed by atoms with van der Waals surface area (Å²) in [5, 5.41) is 0. The summed E-state index contributed by atoms with van der Waals surface area (Å²) in [4.78, 5) is 22.7. The number of para-hydroxylation sites is 1. The molecule has 94 valence electrons. The van der Waals surface area contributed by atoms with Gasteiger partial charge in [0.2, 0.25) is 0 Å². The van der Waals surface area contributed by atoms with Gasteiger partial charge in [-0.2, -0.15) is 0 Å². The molecule has 0 bridgehead atoms. The van der Waals surface area contributed by atoms with E-state index in [-0.39, 0.29) is 17.3 Å². The number of hydrogen-bond donors (Lipinski definition) is 1. The van der Waals surface area contributed by atoms with Crippen molar-refractivity contribution in [1.82, 2.24) is 9.97 Å². The molecule has 5 heteroatoms. The number of nitrogens with zero attached hydrogens (tertiary/aromatic N) is 3. The van der Waals surface area contributed by atoms with Gasteiger partial charge in [-0.05, 0) is 25.0 Å². The van der Waals surface area contributed by atoms with Crippen LogP contribution in [-0.2, 0) is 5.54 Å². The van der Waals surface area contributed by atoms with Crippen molar-refractivity contribution in [3.8, 4) is 0 Å². The normalized spacial score (nSPS) is 18.7. The summed E-state index contributed by atoms with van der Waals surface area (Å²) in [5.74, 6) is 0.191. The first-order valence-corrected chi connectivity index (χ1v) is 6.25. The van der Waals surface area contributed by atoms with Gasteiger partial charge in [0.1, 0.15) is 17.7 Å². The Labute approximate surface area is 110 Å². The summed E-state index contributed by atoms with van der Waals surface area (Å²) in [5.41, 5.74) is 7.72. The molecule has 2 aromatic rings. The van der Waals surface area contributed by atoms with Gasteiger partial charge in [-0.3, -0.25) is 9.69 Å². The van der Waals surface area contributed by atoms with Gasteiger partial charge in [-0.25, -0.2) is 9.97 Å². The Morgan fingerprint density at radius 1 is 1.16 bits per heavy atom. The summed E-state index contributed by atoms with van der Waals surface area (Å²) in [6.07, 6.45) is 3.30. The van der Waals surface area contributed by atoms with Crippen LogP contribution in [0, 0.1) is 0 Å². The van der Waals surface area contributed by atoms with Crippen LogP contribution in [0.2, 0.25) is 0 Å². The summed E-state index contributed by atoms with van der Waals surface area (Å²) >= 11 is 0. The zero-order chi connectivity index (χ0) is 13.0. The molecular weight excluding hydrogens is 240 g/mol. The summed E-state index contributed by atoms with van der Waals surface area (Å²) in [6, 6.07) is 9.67. The fourth-order valence-corrected chi connectivity index (χ4v) is 2.90. The van der Waals surface area contributed by atoms with Crippen LogP contribution >= 0.6 is 0 Å². The van der Waals surface area contributed by atoms with E-state index in [9.17, 15) is 4.79 Å². The lowest BCUT2D eigenvalue weighted by Crippen LogP contribution is -2.33. The van der Waals surface area contributed by atoms with Gasteiger partial charge >= 0.3 is 0 Å². The molecule has 1 aliphatic heterocycles. The van der Waals surface area contributed by atoms with Crippen LogP contribution in [0.3, 0.4) is 0 Å². The van der Waals surface area contributed by atoms with Gasteiger partial charge in [-0.15, -0.1) is 0 Å². The number of carbonyl (C=O) groups is 1. The van der Waals surface area contributed by atoms with Crippen molar-refractivity contribution in [3.05, 3.63) is 47.9 Å². The van der Waals surface area contributed by atoms with Crippen molar-refractivity contribution >= 4 is 17.4 Å². The standard InChI is InChI=1S/C14H12N4O/c15-12-10-11(16-8-17-12)14(6-7-14)18(13(10)19)9-4-2-1-3-5-9/h1-5,8H,6-7H2,(H2,15,16,17). The molecule has 0 atom stereocenters. The molecule has 1 amide bonds. The van der Waals surface area contributed by atoms with Crippen LogP contribution < -0.4 is 10.6 Å². The van der Waals surface area contributed by atoms with Crippen molar-refractivity contribution < 1.29 is 4.79 Å². The number of benzene rings is 1. The maximum absolute atomic E-state index is 12.6. The zero-order valence-corrected chi connectivity index (χ0v) is 10.2. The lowest BCUT2D eigenvalue weighted by molar-refractivity contribution is 0.0989. The highest BCUT2D eigenvalue weighted by molar-refractivity contribution is 6.14. The molecule has 0 unspecified atom stereocenters. The van der Waals surface area contributed by atoms with Crippen molar-refractivity contribution in [2.45, 2.75) is 18.4 Å². The van der Waals surface area contributed by atoms with Gasteiger partial charge in [0.15, 0.2) is 0 Å². The molecule has 5 nitrogen and oxygen atoms in total. The Kier molecular flexibility index (Phi) is 1.83. The van der Waals surface area contributed by atoms with E-state index in [1.54, 1.807) is 0 Å². The third kappa shape index (κ3) is 1.22. The molecule has 1 saturated carbocycles. The average molecular weight is 252 g/mol. The smallest absolute Gasteiger partial charge is 0.264 e. The van der Waals surface area contributed by atoms with Gasteiger partial charge in [0.25, 0.3) is 5.91 Å². The number of nitrogens with two attached hydrogens (primary N) is 1. The average Bonchev–Trinajstić information content (AvgIpc) is 3.16. The van der Waals surface area contributed by atoms with E-state index in [4.69, 9.17) is 5.73 Å². The number of fused-ring (bicyclic) bond motifs is 2. The van der Waals surface area contributed by atoms with Crippen LogP contribution in [0.15, 0.2) is 36.7 Å². The number of aromatic nitrogens is 2. The van der Waals surface area contributed by atoms with Gasteiger partial charge in [-0.1, -0.05) is 18.2 Å². The molecular formula is C14H12N4O. The topological polar surface area (TPSA) is 72.1 Å². The minimum Gasteiger partial charge on any atom is -0.383 e. The third-order valence-corrected chi connectivity index (χ3v) is 3.90. The van der Waals surface area contributed by atoms with E-state index in [0.29, 0.717) is 5.56 Å². The highest BCUT2D eigenvalue weighted by Crippen LogP contribution is 2.57. The first kappa shape index (κ1) is 10.5. The van der Waals surface area contributed by atoms with Gasteiger partial charge < -0.3 is 5.73 Å². The molecule has 2 heterocycles. The van der Waals surface area contributed by atoms with E-state index in [1.807, 2.05) is 35.2 Å². The Morgan fingerprint density at radius 3 is 2.58 bits per heavy atom. The van der Waals surface area contributed by atoms with Crippen molar-refractivity contribution in [3.63, 3.8) is 0 Å². The van der Waals surface area contributed by atoms with E-state index in [1.165, 1.54) is 6.33 Å². The second kappa shape index (κ2) is 3.32. The number of anilines is 2. The van der Waals surface area contributed by atoms with Crippen LogP contribution in [0.25, 0.3) is 0 Å². The number of amides is 1. The monoisotopic (exact) mass is 252 g/mol. The molecule has 1 aromatic carbocycles. The quantitative estimate of drug-likeness (QED) is 0.838.